The van der Waals surface area contributed by atoms with Crippen LogP contribution >= 0.6 is 0 Å². The van der Waals surface area contributed by atoms with Crippen molar-refractivity contribution >= 4 is 23.8 Å². The first-order valence-corrected chi connectivity index (χ1v) is 12.5. The van der Waals surface area contributed by atoms with Crippen molar-refractivity contribution in [3.8, 4) is 0 Å². The van der Waals surface area contributed by atoms with Gasteiger partial charge in [0.05, 0.1) is 6.54 Å². The number of rotatable bonds is 8. The van der Waals surface area contributed by atoms with E-state index in [4.69, 9.17) is 10.8 Å². The van der Waals surface area contributed by atoms with E-state index in [1.165, 1.54) is 12.3 Å². The van der Waals surface area contributed by atoms with E-state index in [9.17, 15) is 13.6 Å². The first-order valence-electron chi connectivity index (χ1n) is 12.5. The van der Waals surface area contributed by atoms with Crippen molar-refractivity contribution in [3.63, 3.8) is 0 Å². The molecule has 11 heteroatoms. The number of hydrogen-bond donors (Lipinski definition) is 6. The zero-order valence-corrected chi connectivity index (χ0v) is 20.9. The van der Waals surface area contributed by atoms with Gasteiger partial charge in [-0.1, -0.05) is 6.07 Å². The lowest BCUT2D eigenvalue weighted by atomic mass is 9.92. The Labute approximate surface area is 210 Å². The monoisotopic (exact) mass is 502 g/mol. The number of nitrogens with zero attached hydrogens (tertiary/aromatic N) is 2. The van der Waals surface area contributed by atoms with E-state index in [0.29, 0.717) is 43.7 Å². The van der Waals surface area contributed by atoms with Crippen molar-refractivity contribution in [2.45, 2.75) is 37.6 Å². The molecule has 0 saturated carbocycles. The van der Waals surface area contributed by atoms with E-state index < -0.39 is 12.3 Å². The Morgan fingerprint density at radius 3 is 2.69 bits per heavy atom. The summed E-state index contributed by atoms with van der Waals surface area (Å²) in [5.41, 5.74) is 3.54. The van der Waals surface area contributed by atoms with Crippen LogP contribution in [-0.4, -0.2) is 82.4 Å². The van der Waals surface area contributed by atoms with Gasteiger partial charge < -0.3 is 36.5 Å². The summed E-state index contributed by atoms with van der Waals surface area (Å²) in [7, 11) is 3.33. The highest BCUT2D eigenvalue weighted by molar-refractivity contribution is 6.10. The van der Waals surface area contributed by atoms with Crippen LogP contribution in [0.1, 0.15) is 41.9 Å². The summed E-state index contributed by atoms with van der Waals surface area (Å²) < 4.78 is 28.3. The highest BCUT2D eigenvalue weighted by Crippen LogP contribution is 2.38. The molecule has 0 spiro atoms. The van der Waals surface area contributed by atoms with Crippen LogP contribution < -0.4 is 26.2 Å². The number of likely N-dealkylation sites (N-methyl/N-ethyl adjacent to an activating group) is 1. The van der Waals surface area contributed by atoms with Gasteiger partial charge >= 0.3 is 6.03 Å². The second kappa shape index (κ2) is 11.3. The van der Waals surface area contributed by atoms with Gasteiger partial charge in [0, 0.05) is 80.3 Å². The smallest absolute Gasteiger partial charge is 0.317 e. The Morgan fingerprint density at radius 1 is 1.25 bits per heavy atom. The Bertz CT molecular complexity index is 1040. The number of amides is 2. The van der Waals surface area contributed by atoms with Crippen molar-refractivity contribution < 1.29 is 13.6 Å². The van der Waals surface area contributed by atoms with Gasteiger partial charge in [-0.25, -0.2) is 13.6 Å². The molecule has 3 aliphatic heterocycles. The maximum Gasteiger partial charge on any atom is 0.317 e. The van der Waals surface area contributed by atoms with E-state index in [-0.39, 0.29) is 30.0 Å². The van der Waals surface area contributed by atoms with Crippen LogP contribution in [0.2, 0.25) is 0 Å². The van der Waals surface area contributed by atoms with Crippen molar-refractivity contribution in [1.82, 2.24) is 26.2 Å². The minimum absolute atomic E-state index is 0.0998. The van der Waals surface area contributed by atoms with Gasteiger partial charge in [0.15, 0.2) is 0 Å². The van der Waals surface area contributed by atoms with E-state index >= 15 is 0 Å². The number of anilines is 1. The average Bonchev–Trinajstić information content (AvgIpc) is 3.55. The molecule has 36 heavy (non-hydrogen) atoms. The third-order valence-corrected chi connectivity index (χ3v) is 7.28. The third kappa shape index (κ3) is 5.22. The van der Waals surface area contributed by atoms with Crippen molar-refractivity contribution in [2.75, 3.05) is 58.3 Å². The zero-order chi connectivity index (χ0) is 25.8. The number of hydrogen-bond acceptors (Lipinski definition) is 6. The van der Waals surface area contributed by atoms with Crippen molar-refractivity contribution in [1.29, 1.82) is 10.8 Å². The van der Waals surface area contributed by atoms with Crippen LogP contribution in [0.3, 0.4) is 0 Å². The molecule has 0 aromatic heterocycles. The molecule has 1 saturated heterocycles. The molecular weight excluding hydrogens is 466 g/mol. The third-order valence-electron chi connectivity index (χ3n) is 7.28. The standard InChI is InChI=1S/C25H36F2N8O/c1-30-12-16(11-28)18-9-15-4-8-35(22(15)10-19(18)23(26)27)24(29)20-14-34(25(36)31-2)7-5-21(20)33-17-3-6-32-13-17/h9-11,16-17,23,28-30,32-33H,3-8,12-14H2,1-2H3,(H,31,36). The first-order chi connectivity index (χ1) is 17.4. The highest BCUT2D eigenvalue weighted by Gasteiger charge is 2.33. The molecule has 0 bridgehead atoms. The minimum atomic E-state index is -2.69. The lowest BCUT2D eigenvalue weighted by molar-refractivity contribution is 0.150. The van der Waals surface area contributed by atoms with Gasteiger partial charge in [0.1, 0.15) is 5.84 Å². The molecule has 0 radical (unpaired) electrons. The molecular formula is C25H36F2N8O. The number of nitrogens with one attached hydrogen (secondary N) is 6. The zero-order valence-electron chi connectivity index (χ0n) is 20.9. The molecule has 6 N–H and O–H groups in total. The number of carbonyl (C=O) groups is 1. The quantitative estimate of drug-likeness (QED) is 0.241. The maximum absolute atomic E-state index is 14.1. The summed E-state index contributed by atoms with van der Waals surface area (Å²) in [6, 6.07) is 3.35. The molecule has 2 unspecified atom stereocenters. The van der Waals surface area contributed by atoms with Crippen molar-refractivity contribution in [3.05, 3.63) is 40.1 Å². The fraction of sp³-hybridized carbons (Fsp3) is 0.560. The van der Waals surface area contributed by atoms with Crippen LogP contribution in [-0.2, 0) is 6.42 Å². The van der Waals surface area contributed by atoms with Crippen LogP contribution in [0.4, 0.5) is 19.3 Å². The molecule has 1 fully saturated rings. The second-order valence-electron chi connectivity index (χ2n) is 9.51. The van der Waals surface area contributed by atoms with Gasteiger partial charge in [0.2, 0.25) is 0 Å². The van der Waals surface area contributed by atoms with Gasteiger partial charge in [-0.15, -0.1) is 0 Å². The number of amidine groups is 1. The summed E-state index contributed by atoms with van der Waals surface area (Å²) >= 11 is 0. The molecule has 2 amide bonds. The van der Waals surface area contributed by atoms with Crippen LogP contribution in [0, 0.1) is 10.8 Å². The van der Waals surface area contributed by atoms with E-state index in [2.05, 4.69) is 21.3 Å². The Hall–Kier alpha value is -3.05. The maximum atomic E-state index is 14.1. The predicted molar refractivity (Wildman–Crippen MR) is 138 cm³/mol. The normalized spacial score (nSPS) is 20.5. The number of carbonyl (C=O) groups excluding carboxylic acids is 1. The first kappa shape index (κ1) is 26.0. The Morgan fingerprint density at radius 2 is 2.06 bits per heavy atom. The summed E-state index contributed by atoms with van der Waals surface area (Å²) in [5, 5.41) is 29.5. The minimum Gasteiger partial charge on any atom is -0.384 e. The molecule has 4 rings (SSSR count). The Kier molecular flexibility index (Phi) is 8.20. The van der Waals surface area contributed by atoms with Crippen LogP contribution in [0.5, 0.6) is 0 Å². The van der Waals surface area contributed by atoms with E-state index in [1.807, 2.05) is 0 Å². The predicted octanol–water partition coefficient (Wildman–Crippen LogP) is 2.17. The van der Waals surface area contributed by atoms with E-state index in [1.54, 1.807) is 30.0 Å². The topological polar surface area (TPSA) is 119 Å². The molecule has 0 aliphatic carbocycles. The Balaban J connectivity index is 1.68. The molecule has 196 valence electrons. The number of fused-ring (bicyclic) bond motifs is 1. The van der Waals surface area contributed by atoms with E-state index in [0.717, 1.165) is 36.3 Å². The summed E-state index contributed by atoms with van der Waals surface area (Å²) in [4.78, 5) is 15.9. The molecule has 1 aromatic rings. The largest absolute Gasteiger partial charge is 0.384 e. The highest BCUT2D eigenvalue weighted by atomic mass is 19.3. The number of benzene rings is 1. The van der Waals surface area contributed by atoms with Gasteiger partial charge in [-0.2, -0.15) is 0 Å². The SMILES string of the molecule is CNCC(C=N)c1cc2c(cc1C(F)F)N(C(=N)C1=C(NC3CCNC3)CCN(C(=O)NC)C1)CC2. The summed E-state index contributed by atoms with van der Waals surface area (Å²) in [5.74, 6) is -0.210. The summed E-state index contributed by atoms with van der Waals surface area (Å²) in [6.45, 7) is 3.51. The lowest BCUT2D eigenvalue weighted by Crippen LogP contribution is -2.47. The summed E-state index contributed by atoms with van der Waals surface area (Å²) in [6.07, 6.45) is 0.729. The lowest BCUT2D eigenvalue weighted by Gasteiger charge is -2.34. The number of urea groups is 1. The van der Waals surface area contributed by atoms with Gasteiger partial charge in [0.25, 0.3) is 6.43 Å². The average molecular weight is 503 g/mol. The molecule has 3 heterocycles. The molecule has 9 nitrogen and oxygen atoms in total. The van der Waals surface area contributed by atoms with Crippen LogP contribution in [0.15, 0.2) is 23.4 Å². The number of alkyl halides is 2. The van der Waals surface area contributed by atoms with Gasteiger partial charge in [-0.3, -0.25) is 5.41 Å². The molecule has 3 aliphatic rings. The second-order valence-corrected chi connectivity index (χ2v) is 9.51. The molecule has 2 atom stereocenters. The number of halogens is 2. The van der Waals surface area contributed by atoms with Gasteiger partial charge in [-0.05, 0) is 43.6 Å². The van der Waals surface area contributed by atoms with Crippen LogP contribution in [0.25, 0.3) is 0 Å². The van der Waals surface area contributed by atoms with Crippen molar-refractivity contribution in [2.24, 2.45) is 0 Å². The molecule has 1 aromatic carbocycles. The fourth-order valence-corrected chi connectivity index (χ4v) is 5.35. The fourth-order valence-electron chi connectivity index (χ4n) is 5.35.